The second-order valence-corrected chi connectivity index (χ2v) is 10.3. The van der Waals surface area contributed by atoms with E-state index in [-0.39, 0.29) is 11.7 Å². The minimum absolute atomic E-state index is 0.103. The summed E-state index contributed by atoms with van der Waals surface area (Å²) in [5, 5.41) is 6.36. The van der Waals surface area contributed by atoms with Gasteiger partial charge in [0.1, 0.15) is 0 Å². The smallest absolute Gasteiger partial charge is 0.255 e. The van der Waals surface area contributed by atoms with Crippen molar-refractivity contribution >= 4 is 27.1 Å². The van der Waals surface area contributed by atoms with Crippen LogP contribution >= 0.6 is 0 Å². The lowest BCUT2D eigenvalue weighted by Gasteiger charge is -2.12. The van der Waals surface area contributed by atoms with Gasteiger partial charge in [-0.15, -0.1) is 0 Å². The number of hydrogen-bond donors (Lipinski definition) is 2. The van der Waals surface area contributed by atoms with Gasteiger partial charge in [0, 0.05) is 23.5 Å². The molecule has 0 heterocycles. The molecule has 0 atom stereocenters. The Morgan fingerprint density at radius 2 is 1.44 bits per heavy atom. The monoisotopic (exact) mass is 448 g/mol. The molecular formula is C26H28N2O3S. The third kappa shape index (κ3) is 5.77. The van der Waals surface area contributed by atoms with Gasteiger partial charge in [-0.05, 0) is 72.9 Å². The number of carbonyl (C=O) groups is 1. The zero-order chi connectivity index (χ0) is 22.4. The van der Waals surface area contributed by atoms with Gasteiger partial charge in [-0.3, -0.25) is 4.79 Å². The molecule has 6 heteroatoms. The summed E-state index contributed by atoms with van der Waals surface area (Å²) in [6.45, 7) is 0.998. The molecule has 0 radical (unpaired) electrons. The second-order valence-electron chi connectivity index (χ2n) is 8.33. The van der Waals surface area contributed by atoms with Gasteiger partial charge in [-0.1, -0.05) is 43.2 Å². The number of benzene rings is 3. The lowest BCUT2D eigenvalue weighted by atomic mass is 10.1. The van der Waals surface area contributed by atoms with Crippen molar-refractivity contribution in [2.45, 2.75) is 36.3 Å². The predicted molar refractivity (Wildman–Crippen MR) is 129 cm³/mol. The molecule has 5 nitrogen and oxygen atoms in total. The Labute approximate surface area is 189 Å². The fourth-order valence-electron chi connectivity index (χ4n) is 4.03. The Bertz CT molecular complexity index is 1140. The number of rotatable bonds is 8. The van der Waals surface area contributed by atoms with Crippen LogP contribution in [-0.4, -0.2) is 20.9 Å². The summed E-state index contributed by atoms with van der Waals surface area (Å²) in [6, 6.07) is 22.8. The molecule has 32 heavy (non-hydrogen) atoms. The molecule has 1 saturated carbocycles. The minimum Gasteiger partial charge on any atom is -0.385 e. The molecule has 1 aliphatic rings. The summed E-state index contributed by atoms with van der Waals surface area (Å²) in [7, 11) is -3.42. The quantitative estimate of drug-likeness (QED) is 0.476. The summed E-state index contributed by atoms with van der Waals surface area (Å²) in [6.07, 6.45) is 5.28. The van der Waals surface area contributed by atoms with Gasteiger partial charge in [0.25, 0.3) is 5.91 Å². The first-order valence-corrected chi connectivity index (χ1v) is 12.7. The van der Waals surface area contributed by atoms with Crippen LogP contribution in [0.3, 0.4) is 0 Å². The highest BCUT2D eigenvalue weighted by Gasteiger charge is 2.16. The Morgan fingerprint density at radius 3 is 2.09 bits per heavy atom. The highest BCUT2D eigenvalue weighted by atomic mass is 32.2. The largest absolute Gasteiger partial charge is 0.385 e. The summed E-state index contributed by atoms with van der Waals surface area (Å²) in [4.78, 5) is 12.9. The van der Waals surface area contributed by atoms with Gasteiger partial charge in [0.05, 0.1) is 10.6 Å². The molecule has 0 aliphatic heterocycles. The molecule has 1 aliphatic carbocycles. The Morgan fingerprint density at radius 1 is 0.812 bits per heavy atom. The predicted octanol–water partition coefficient (Wildman–Crippen LogP) is 5.51. The van der Waals surface area contributed by atoms with Crippen LogP contribution in [0.25, 0.3) is 0 Å². The molecule has 0 aromatic heterocycles. The molecule has 0 bridgehead atoms. The Kier molecular flexibility index (Phi) is 6.90. The third-order valence-corrected chi connectivity index (χ3v) is 7.59. The molecule has 4 rings (SSSR count). The van der Waals surface area contributed by atoms with Crippen molar-refractivity contribution in [3.8, 4) is 0 Å². The fourth-order valence-corrected chi connectivity index (χ4v) is 5.40. The van der Waals surface area contributed by atoms with Gasteiger partial charge < -0.3 is 10.6 Å². The number of carbonyl (C=O) groups excluding carboxylic acids is 1. The molecule has 1 amide bonds. The summed E-state index contributed by atoms with van der Waals surface area (Å²) in [5.74, 6) is 0.433. The van der Waals surface area contributed by atoms with Crippen LogP contribution in [-0.2, 0) is 15.6 Å². The molecule has 3 aromatic rings. The van der Waals surface area contributed by atoms with Crippen LogP contribution < -0.4 is 10.6 Å². The van der Waals surface area contributed by atoms with Crippen molar-refractivity contribution in [2.75, 3.05) is 17.2 Å². The molecule has 0 saturated heterocycles. The maximum atomic E-state index is 12.6. The van der Waals surface area contributed by atoms with E-state index in [1.54, 1.807) is 54.6 Å². The molecule has 2 N–H and O–H groups in total. The van der Waals surface area contributed by atoms with E-state index in [0.29, 0.717) is 16.0 Å². The lowest BCUT2D eigenvalue weighted by Crippen LogP contribution is -2.13. The van der Waals surface area contributed by atoms with Gasteiger partial charge in [-0.2, -0.15) is 0 Å². The van der Waals surface area contributed by atoms with Crippen molar-refractivity contribution in [2.24, 2.45) is 5.92 Å². The number of sulfone groups is 1. The SMILES string of the molecule is O=C(Nc1ccc(NCC2CCCC2)cc1)c1ccc(CS(=O)(=O)c2ccccc2)cc1. The maximum Gasteiger partial charge on any atom is 0.255 e. The van der Waals surface area contributed by atoms with E-state index in [1.807, 2.05) is 24.3 Å². The van der Waals surface area contributed by atoms with Crippen LogP contribution in [0, 0.1) is 5.92 Å². The van der Waals surface area contributed by atoms with Crippen LogP contribution in [0.2, 0.25) is 0 Å². The van der Waals surface area contributed by atoms with Crippen LogP contribution in [0.1, 0.15) is 41.6 Å². The summed E-state index contributed by atoms with van der Waals surface area (Å²) in [5.41, 5.74) is 2.90. The van der Waals surface area contributed by atoms with Gasteiger partial charge in [0.2, 0.25) is 0 Å². The minimum atomic E-state index is -3.42. The highest BCUT2D eigenvalue weighted by molar-refractivity contribution is 7.90. The van der Waals surface area contributed by atoms with Gasteiger partial charge >= 0.3 is 0 Å². The maximum absolute atomic E-state index is 12.6. The van der Waals surface area contributed by atoms with Crippen LogP contribution in [0.5, 0.6) is 0 Å². The van der Waals surface area contributed by atoms with Crippen molar-refractivity contribution < 1.29 is 13.2 Å². The Balaban J connectivity index is 1.32. The standard InChI is InChI=1S/C26H28N2O3S/c29-26(28-24-16-14-23(15-17-24)27-18-20-6-4-5-7-20)22-12-10-21(11-13-22)19-32(30,31)25-8-2-1-3-9-25/h1-3,8-17,20,27H,4-7,18-19H2,(H,28,29). The van der Waals surface area contributed by atoms with Crippen LogP contribution in [0.15, 0.2) is 83.8 Å². The molecule has 3 aromatic carbocycles. The van der Waals surface area contributed by atoms with E-state index in [4.69, 9.17) is 0 Å². The topological polar surface area (TPSA) is 75.3 Å². The third-order valence-electron chi connectivity index (χ3n) is 5.89. The van der Waals surface area contributed by atoms with E-state index in [2.05, 4.69) is 10.6 Å². The number of amides is 1. The van der Waals surface area contributed by atoms with E-state index < -0.39 is 9.84 Å². The van der Waals surface area contributed by atoms with Crippen molar-refractivity contribution in [3.63, 3.8) is 0 Å². The van der Waals surface area contributed by atoms with Crippen molar-refractivity contribution in [1.82, 2.24) is 0 Å². The molecular weight excluding hydrogens is 420 g/mol. The molecule has 166 valence electrons. The summed E-state index contributed by atoms with van der Waals surface area (Å²) < 4.78 is 25.1. The molecule has 0 unspecified atom stereocenters. The average molecular weight is 449 g/mol. The fraction of sp³-hybridized carbons (Fsp3) is 0.269. The van der Waals surface area contributed by atoms with Crippen molar-refractivity contribution in [3.05, 3.63) is 90.0 Å². The first-order chi connectivity index (χ1) is 15.5. The Hall–Kier alpha value is -3.12. The lowest BCUT2D eigenvalue weighted by molar-refractivity contribution is 0.102. The first kappa shape index (κ1) is 22.1. The van der Waals surface area contributed by atoms with Gasteiger partial charge in [0.15, 0.2) is 9.84 Å². The normalized spacial score (nSPS) is 14.2. The zero-order valence-electron chi connectivity index (χ0n) is 18.0. The highest BCUT2D eigenvalue weighted by Crippen LogP contribution is 2.25. The van der Waals surface area contributed by atoms with E-state index in [0.717, 1.165) is 23.8 Å². The molecule has 0 spiro atoms. The molecule has 1 fully saturated rings. The first-order valence-electron chi connectivity index (χ1n) is 11.0. The van der Waals surface area contributed by atoms with Crippen molar-refractivity contribution in [1.29, 1.82) is 0 Å². The number of nitrogens with one attached hydrogen (secondary N) is 2. The average Bonchev–Trinajstić information content (AvgIpc) is 3.33. The zero-order valence-corrected chi connectivity index (χ0v) is 18.8. The van der Waals surface area contributed by atoms with E-state index in [1.165, 1.54) is 25.7 Å². The second kappa shape index (κ2) is 10.0. The number of anilines is 2. The summed E-state index contributed by atoms with van der Waals surface area (Å²) >= 11 is 0. The number of hydrogen-bond acceptors (Lipinski definition) is 4. The van der Waals surface area contributed by atoms with E-state index >= 15 is 0 Å². The van der Waals surface area contributed by atoms with Crippen LogP contribution in [0.4, 0.5) is 11.4 Å². The van der Waals surface area contributed by atoms with Gasteiger partial charge in [-0.25, -0.2) is 8.42 Å². The van der Waals surface area contributed by atoms with E-state index in [9.17, 15) is 13.2 Å².